The van der Waals surface area contributed by atoms with Crippen molar-refractivity contribution in [1.29, 1.82) is 0 Å². The summed E-state index contributed by atoms with van der Waals surface area (Å²) >= 11 is 4.57. The Balaban J connectivity index is 2.11. The van der Waals surface area contributed by atoms with Gasteiger partial charge in [-0.1, -0.05) is 20.8 Å². The van der Waals surface area contributed by atoms with Crippen LogP contribution in [-0.2, 0) is 4.79 Å². The molecule has 0 saturated heterocycles. The van der Waals surface area contributed by atoms with E-state index < -0.39 is 5.41 Å². The number of nitrogens with zero attached hydrogens (tertiary/aromatic N) is 3. The number of hydrogen-bond acceptors (Lipinski definition) is 5. The molecule has 3 heterocycles. The molecule has 0 aliphatic carbocycles. The summed E-state index contributed by atoms with van der Waals surface area (Å²) < 4.78 is 3.56. The van der Waals surface area contributed by atoms with E-state index >= 15 is 0 Å². The average Bonchev–Trinajstić information content (AvgIpc) is 3.03. The molecule has 6 nitrogen and oxygen atoms in total. The maximum absolute atomic E-state index is 12.1. The Morgan fingerprint density at radius 3 is 2.79 bits per heavy atom. The fourth-order valence-corrected chi connectivity index (χ4v) is 3.16. The van der Waals surface area contributed by atoms with E-state index in [9.17, 15) is 9.59 Å². The predicted octanol–water partition coefficient (Wildman–Crippen LogP) is 1.47. The number of imidazole rings is 1. The number of halogens is 1. The van der Waals surface area contributed by atoms with Crippen LogP contribution in [0.2, 0.25) is 0 Å². The molecule has 0 spiro atoms. The van der Waals surface area contributed by atoms with Crippen LogP contribution in [0.4, 0.5) is 0 Å². The zero-order valence-electron chi connectivity index (χ0n) is 13.3. The van der Waals surface area contributed by atoms with Crippen LogP contribution >= 0.6 is 27.3 Å². The van der Waals surface area contributed by atoms with Gasteiger partial charge in [-0.05, 0) is 22.0 Å². The van der Waals surface area contributed by atoms with Crippen molar-refractivity contribution in [1.82, 2.24) is 19.4 Å². The third kappa shape index (κ3) is 3.39. The second-order valence-corrected chi connectivity index (χ2v) is 8.21. The Hall–Kier alpha value is -2.06. The zero-order chi connectivity index (χ0) is 17.5. The molecule has 0 aliphatic rings. The molecule has 0 radical (unpaired) electrons. The van der Waals surface area contributed by atoms with Crippen LogP contribution in [0.3, 0.4) is 0 Å². The van der Waals surface area contributed by atoms with Gasteiger partial charge in [0.2, 0.25) is 0 Å². The van der Waals surface area contributed by atoms with Gasteiger partial charge in [0, 0.05) is 17.7 Å². The van der Waals surface area contributed by atoms with Gasteiger partial charge in [-0.3, -0.25) is 14.0 Å². The Morgan fingerprint density at radius 1 is 1.33 bits per heavy atom. The molecule has 0 aromatic carbocycles. The van der Waals surface area contributed by atoms with Crippen LogP contribution in [-0.4, -0.2) is 25.1 Å². The minimum Gasteiger partial charge on any atom is -0.313 e. The Kier molecular flexibility index (Phi) is 4.27. The third-order valence-corrected chi connectivity index (χ3v) is 4.73. The highest BCUT2D eigenvalue weighted by molar-refractivity contribution is 9.10. The second-order valence-electron chi connectivity index (χ2n) is 6.31. The number of nitrogens with one attached hydrogen (secondary N) is 1. The maximum Gasteiger partial charge on any atom is 0.266 e. The summed E-state index contributed by atoms with van der Waals surface area (Å²) in [5, 5.41) is 0. The Labute approximate surface area is 149 Å². The SMILES string of the molecule is CC(C)(C)C(=O)C=c1[nH]c(=O)c(=Cc2cnc3cnc(Br)cn23)s1. The molecule has 124 valence electrons. The molecular weight excluding hydrogens is 392 g/mol. The van der Waals surface area contributed by atoms with Gasteiger partial charge in [0.25, 0.3) is 5.56 Å². The number of rotatable bonds is 2. The van der Waals surface area contributed by atoms with Crippen molar-refractivity contribution < 1.29 is 4.79 Å². The van der Waals surface area contributed by atoms with Crippen molar-refractivity contribution in [3.8, 4) is 0 Å². The number of carbonyl (C=O) groups excluding carboxylic acids is 1. The number of aromatic nitrogens is 4. The number of carbonyl (C=O) groups is 1. The van der Waals surface area contributed by atoms with Gasteiger partial charge in [0.1, 0.15) is 4.60 Å². The summed E-state index contributed by atoms with van der Waals surface area (Å²) in [5.41, 5.74) is 0.739. The van der Waals surface area contributed by atoms with Gasteiger partial charge >= 0.3 is 0 Å². The first kappa shape index (κ1) is 16.8. The average molecular weight is 407 g/mol. The normalized spacial score (nSPS) is 13.8. The lowest BCUT2D eigenvalue weighted by Crippen LogP contribution is -2.22. The second kappa shape index (κ2) is 6.10. The highest BCUT2D eigenvalue weighted by atomic mass is 79.9. The molecule has 24 heavy (non-hydrogen) atoms. The quantitative estimate of drug-likeness (QED) is 0.698. The van der Waals surface area contributed by atoms with Crippen LogP contribution in [0.1, 0.15) is 26.5 Å². The molecule has 8 heteroatoms. The van der Waals surface area contributed by atoms with E-state index in [0.717, 1.165) is 5.69 Å². The molecule has 0 saturated carbocycles. The number of thiazole rings is 1. The molecule has 3 aromatic rings. The van der Waals surface area contributed by atoms with E-state index in [-0.39, 0.29) is 11.3 Å². The molecule has 3 aromatic heterocycles. The molecule has 0 amide bonds. The van der Waals surface area contributed by atoms with Crippen LogP contribution in [0.15, 0.2) is 28.0 Å². The van der Waals surface area contributed by atoms with Crippen LogP contribution < -0.4 is 14.8 Å². The smallest absolute Gasteiger partial charge is 0.266 e. The van der Waals surface area contributed by atoms with Gasteiger partial charge in [-0.2, -0.15) is 0 Å². The van der Waals surface area contributed by atoms with Crippen molar-refractivity contribution in [3.05, 3.63) is 48.4 Å². The largest absolute Gasteiger partial charge is 0.313 e. The van der Waals surface area contributed by atoms with Gasteiger partial charge in [-0.15, -0.1) is 11.3 Å². The molecule has 0 unspecified atom stereocenters. The van der Waals surface area contributed by atoms with Crippen molar-refractivity contribution in [2.75, 3.05) is 0 Å². The molecular formula is C16H15BrN4O2S. The van der Waals surface area contributed by atoms with Crippen LogP contribution in [0.25, 0.3) is 17.8 Å². The third-order valence-electron chi connectivity index (χ3n) is 3.35. The highest BCUT2D eigenvalue weighted by Gasteiger charge is 2.18. The number of fused-ring (bicyclic) bond motifs is 1. The Morgan fingerprint density at radius 2 is 2.08 bits per heavy atom. The van der Waals surface area contributed by atoms with Gasteiger partial charge in [-0.25, -0.2) is 9.97 Å². The van der Waals surface area contributed by atoms with E-state index in [1.807, 2.05) is 25.2 Å². The molecule has 3 rings (SSSR count). The predicted molar refractivity (Wildman–Crippen MR) is 97.4 cm³/mol. The van der Waals surface area contributed by atoms with E-state index in [0.29, 0.717) is 19.4 Å². The van der Waals surface area contributed by atoms with Crippen molar-refractivity contribution in [2.24, 2.45) is 5.41 Å². The highest BCUT2D eigenvalue weighted by Crippen LogP contribution is 2.14. The van der Waals surface area contributed by atoms with E-state index in [4.69, 9.17) is 0 Å². The van der Waals surface area contributed by atoms with Crippen LogP contribution in [0, 0.1) is 5.41 Å². The van der Waals surface area contributed by atoms with Crippen molar-refractivity contribution >= 4 is 50.8 Å². The summed E-state index contributed by atoms with van der Waals surface area (Å²) in [5.74, 6) is -0.0312. The first-order valence-corrected chi connectivity index (χ1v) is 8.80. The lowest BCUT2D eigenvalue weighted by Gasteiger charge is -2.12. The van der Waals surface area contributed by atoms with Gasteiger partial charge in [0.05, 0.1) is 27.3 Å². The number of aromatic amines is 1. The van der Waals surface area contributed by atoms with Crippen molar-refractivity contribution in [3.63, 3.8) is 0 Å². The molecule has 1 N–H and O–H groups in total. The minimum absolute atomic E-state index is 0.0312. The summed E-state index contributed by atoms with van der Waals surface area (Å²) in [7, 11) is 0. The number of ketones is 1. The summed E-state index contributed by atoms with van der Waals surface area (Å²) in [4.78, 5) is 35.3. The number of hydrogen-bond donors (Lipinski definition) is 1. The Bertz CT molecular complexity index is 1100. The van der Waals surface area contributed by atoms with Crippen molar-refractivity contribution in [2.45, 2.75) is 20.8 Å². The zero-order valence-corrected chi connectivity index (χ0v) is 15.7. The molecule has 0 fully saturated rings. The first-order chi connectivity index (χ1) is 11.2. The first-order valence-electron chi connectivity index (χ1n) is 7.20. The topological polar surface area (TPSA) is 80.1 Å². The fraction of sp³-hybridized carbons (Fsp3) is 0.250. The summed E-state index contributed by atoms with van der Waals surface area (Å²) in [6.45, 7) is 5.53. The van der Waals surface area contributed by atoms with E-state index in [2.05, 4.69) is 30.9 Å². The van der Waals surface area contributed by atoms with E-state index in [1.54, 1.807) is 24.7 Å². The van der Waals surface area contributed by atoms with Gasteiger partial charge < -0.3 is 4.98 Å². The van der Waals surface area contributed by atoms with E-state index in [1.165, 1.54) is 17.4 Å². The molecule has 0 atom stereocenters. The molecule has 0 aliphatic heterocycles. The minimum atomic E-state index is -0.480. The fourth-order valence-electron chi connectivity index (χ4n) is 1.99. The maximum atomic E-state index is 12.1. The van der Waals surface area contributed by atoms with Crippen LogP contribution in [0.5, 0.6) is 0 Å². The summed E-state index contributed by atoms with van der Waals surface area (Å²) in [6.07, 6.45) is 8.33. The standard InChI is InChI=1S/C16H15BrN4O2S/c1-16(2,3)11(22)5-14-20-15(23)10(24-14)4-9-6-19-13-7-18-12(17)8-21(9)13/h4-8H,1-3H3,(H,20,23). The number of H-pyrrole nitrogens is 1. The lowest BCUT2D eigenvalue weighted by molar-refractivity contribution is -0.119. The molecule has 0 bridgehead atoms. The number of Topliss-reactive ketones (excluding diaryl/α,β-unsaturated/α-hetero) is 1. The lowest BCUT2D eigenvalue weighted by atomic mass is 9.91. The monoisotopic (exact) mass is 406 g/mol. The van der Waals surface area contributed by atoms with Gasteiger partial charge in [0.15, 0.2) is 11.4 Å². The summed E-state index contributed by atoms with van der Waals surface area (Å²) in [6, 6.07) is 0.